The maximum Gasteiger partial charge on any atom is 0.321 e. The Hall–Kier alpha value is -2.72. The van der Waals surface area contributed by atoms with Crippen molar-refractivity contribution in [2.45, 2.75) is 43.2 Å². The number of amides is 1. The Kier molecular flexibility index (Phi) is 5.13. The molecule has 9 nitrogen and oxygen atoms in total. The molecule has 1 aliphatic carbocycles. The van der Waals surface area contributed by atoms with E-state index in [-0.39, 0.29) is 29.1 Å². The summed E-state index contributed by atoms with van der Waals surface area (Å²) in [5.41, 5.74) is 0.971. The van der Waals surface area contributed by atoms with Crippen molar-refractivity contribution in [3.8, 4) is 5.69 Å². The molecule has 0 atom stereocenters. The molecule has 1 saturated carbocycles. The first kappa shape index (κ1) is 19.6. The summed E-state index contributed by atoms with van der Waals surface area (Å²) in [6, 6.07) is 6.56. The summed E-state index contributed by atoms with van der Waals surface area (Å²) in [5, 5.41) is 2.99. The van der Waals surface area contributed by atoms with Crippen LogP contribution in [-0.4, -0.2) is 53.8 Å². The Labute approximate surface area is 168 Å². The minimum absolute atomic E-state index is 0.0443. The maximum atomic E-state index is 13.2. The van der Waals surface area contributed by atoms with Crippen LogP contribution in [0.4, 0.5) is 0 Å². The van der Waals surface area contributed by atoms with Crippen molar-refractivity contribution in [2.75, 3.05) is 13.7 Å². The van der Waals surface area contributed by atoms with Crippen LogP contribution in [-0.2, 0) is 26.1 Å². The predicted molar refractivity (Wildman–Crippen MR) is 103 cm³/mol. The summed E-state index contributed by atoms with van der Waals surface area (Å²) in [4.78, 5) is 29.0. The number of aromatic nitrogens is 2. The van der Waals surface area contributed by atoms with E-state index in [1.165, 1.54) is 19.5 Å². The number of imidazole rings is 1. The van der Waals surface area contributed by atoms with E-state index in [4.69, 9.17) is 0 Å². The van der Waals surface area contributed by atoms with Crippen LogP contribution in [0.5, 0.6) is 0 Å². The van der Waals surface area contributed by atoms with E-state index in [1.807, 2.05) is 0 Å². The molecule has 2 aliphatic rings. The quantitative estimate of drug-likeness (QED) is 0.748. The third-order valence-electron chi connectivity index (χ3n) is 5.37. The largest absolute Gasteiger partial charge is 0.468 e. The molecule has 4 rings (SSSR count). The van der Waals surface area contributed by atoms with Crippen molar-refractivity contribution in [1.82, 2.24) is 19.2 Å². The van der Waals surface area contributed by atoms with Crippen molar-refractivity contribution < 1.29 is 22.7 Å². The Bertz CT molecular complexity index is 1060. The lowest BCUT2D eigenvalue weighted by Crippen LogP contribution is -2.37. The van der Waals surface area contributed by atoms with Gasteiger partial charge in [0.2, 0.25) is 10.0 Å². The number of methoxy groups -OCH3 is 1. The molecular weight excluding hydrogens is 396 g/mol. The van der Waals surface area contributed by atoms with Crippen LogP contribution in [0.1, 0.15) is 41.9 Å². The lowest BCUT2D eigenvalue weighted by molar-refractivity contribution is -0.140. The van der Waals surface area contributed by atoms with E-state index in [2.05, 4.69) is 15.0 Å². The number of nitrogens with one attached hydrogen (secondary N) is 1. The number of rotatable bonds is 4. The van der Waals surface area contributed by atoms with Gasteiger partial charge in [0.05, 0.1) is 25.0 Å². The van der Waals surface area contributed by atoms with E-state index in [0.29, 0.717) is 11.4 Å². The van der Waals surface area contributed by atoms with Gasteiger partial charge in [0.25, 0.3) is 5.91 Å². The lowest BCUT2D eigenvalue weighted by Gasteiger charge is -2.19. The second-order valence-corrected chi connectivity index (χ2v) is 9.09. The van der Waals surface area contributed by atoms with Gasteiger partial charge in [0.1, 0.15) is 17.8 Å². The number of para-hydroxylation sites is 1. The summed E-state index contributed by atoms with van der Waals surface area (Å²) < 4.78 is 33.7. The number of hydrogen-bond acceptors (Lipinski definition) is 6. The van der Waals surface area contributed by atoms with Crippen molar-refractivity contribution in [1.29, 1.82) is 0 Å². The zero-order valence-electron chi connectivity index (χ0n) is 16.0. The van der Waals surface area contributed by atoms with Crippen molar-refractivity contribution >= 4 is 21.9 Å². The molecule has 10 heteroatoms. The molecule has 0 spiro atoms. The molecule has 1 fully saturated rings. The van der Waals surface area contributed by atoms with Crippen LogP contribution in [0.15, 0.2) is 35.5 Å². The van der Waals surface area contributed by atoms with Gasteiger partial charge in [-0.1, -0.05) is 25.0 Å². The maximum absolute atomic E-state index is 13.2. The van der Waals surface area contributed by atoms with Crippen LogP contribution in [0, 0.1) is 0 Å². The van der Waals surface area contributed by atoms with Gasteiger partial charge in [-0.3, -0.25) is 14.2 Å². The molecular formula is C19H22N4O5S. The predicted octanol–water partition coefficient (Wildman–Crippen LogP) is 1.22. The standard InChI is InChI=1S/C19H22N4O5S/c1-28-17(24)11-22-10-15-18(19(25)21-13-6-2-3-7-13)20-12-23(15)14-8-4-5-9-16(14)29(22,26)27/h4-5,8-9,12-13H,2-3,6-7,10-11H2,1H3,(H,21,25). The molecule has 0 radical (unpaired) electrons. The number of fused-ring (bicyclic) bond motifs is 3. The average Bonchev–Trinajstić information content (AvgIpc) is 3.35. The molecule has 0 saturated heterocycles. The van der Waals surface area contributed by atoms with Crippen LogP contribution in [0.25, 0.3) is 5.69 Å². The van der Waals surface area contributed by atoms with E-state index < -0.39 is 22.5 Å². The highest BCUT2D eigenvalue weighted by atomic mass is 32.2. The molecule has 29 heavy (non-hydrogen) atoms. The zero-order chi connectivity index (χ0) is 20.6. The van der Waals surface area contributed by atoms with Crippen molar-refractivity contribution in [3.05, 3.63) is 42.0 Å². The normalized spacial score (nSPS) is 18.5. The first-order valence-corrected chi connectivity index (χ1v) is 10.9. The molecule has 2 aromatic rings. The fourth-order valence-electron chi connectivity index (χ4n) is 3.86. The molecule has 1 aromatic heterocycles. The fraction of sp³-hybridized carbons (Fsp3) is 0.421. The van der Waals surface area contributed by atoms with Gasteiger partial charge in [-0.05, 0) is 25.0 Å². The van der Waals surface area contributed by atoms with Gasteiger partial charge in [-0.2, -0.15) is 4.31 Å². The Morgan fingerprint density at radius 3 is 2.69 bits per heavy atom. The Morgan fingerprint density at radius 1 is 1.24 bits per heavy atom. The van der Waals surface area contributed by atoms with E-state index >= 15 is 0 Å². The summed E-state index contributed by atoms with van der Waals surface area (Å²) in [7, 11) is -2.77. The second kappa shape index (κ2) is 7.60. The molecule has 1 aromatic carbocycles. The summed E-state index contributed by atoms with van der Waals surface area (Å²) in [6.07, 6.45) is 5.45. The van der Waals surface area contributed by atoms with Gasteiger partial charge in [0, 0.05) is 6.04 Å². The highest BCUT2D eigenvalue weighted by Crippen LogP contribution is 2.31. The van der Waals surface area contributed by atoms with E-state index in [0.717, 1.165) is 30.0 Å². The molecule has 2 heterocycles. The number of carbonyl (C=O) groups excluding carboxylic acids is 2. The van der Waals surface area contributed by atoms with Crippen LogP contribution in [0.3, 0.4) is 0 Å². The average molecular weight is 418 g/mol. The Morgan fingerprint density at radius 2 is 1.97 bits per heavy atom. The first-order valence-electron chi connectivity index (χ1n) is 9.45. The third-order valence-corrected chi connectivity index (χ3v) is 7.21. The van der Waals surface area contributed by atoms with Gasteiger partial charge in [-0.25, -0.2) is 13.4 Å². The van der Waals surface area contributed by atoms with Gasteiger partial charge < -0.3 is 10.1 Å². The molecule has 1 aliphatic heterocycles. The third kappa shape index (κ3) is 3.53. The molecule has 0 bridgehead atoms. The van der Waals surface area contributed by atoms with Crippen LogP contribution < -0.4 is 5.32 Å². The first-order chi connectivity index (χ1) is 13.9. The minimum atomic E-state index is -3.97. The van der Waals surface area contributed by atoms with Gasteiger partial charge in [-0.15, -0.1) is 0 Å². The van der Waals surface area contributed by atoms with Crippen LogP contribution in [0.2, 0.25) is 0 Å². The fourth-order valence-corrected chi connectivity index (χ4v) is 5.39. The molecule has 1 amide bonds. The number of benzene rings is 1. The zero-order valence-corrected chi connectivity index (χ0v) is 16.8. The summed E-state index contributed by atoms with van der Waals surface area (Å²) in [6.45, 7) is -0.623. The molecule has 1 N–H and O–H groups in total. The van der Waals surface area contributed by atoms with Crippen LogP contribution >= 0.6 is 0 Å². The summed E-state index contributed by atoms with van der Waals surface area (Å²) >= 11 is 0. The monoisotopic (exact) mass is 418 g/mol. The number of nitrogens with zero attached hydrogens (tertiary/aromatic N) is 3. The van der Waals surface area contributed by atoms with Gasteiger partial charge >= 0.3 is 5.97 Å². The second-order valence-electron chi connectivity index (χ2n) is 7.18. The highest BCUT2D eigenvalue weighted by Gasteiger charge is 2.36. The summed E-state index contributed by atoms with van der Waals surface area (Å²) in [5.74, 6) is -1.02. The van der Waals surface area contributed by atoms with Crippen molar-refractivity contribution in [3.63, 3.8) is 0 Å². The molecule has 154 valence electrons. The number of sulfonamides is 1. The number of carbonyl (C=O) groups is 2. The minimum Gasteiger partial charge on any atom is -0.468 e. The number of hydrogen-bond donors (Lipinski definition) is 1. The van der Waals surface area contributed by atoms with E-state index in [9.17, 15) is 18.0 Å². The van der Waals surface area contributed by atoms with Crippen molar-refractivity contribution in [2.24, 2.45) is 0 Å². The smallest absolute Gasteiger partial charge is 0.321 e. The molecule has 0 unspecified atom stereocenters. The lowest BCUT2D eigenvalue weighted by atomic mass is 10.2. The van der Waals surface area contributed by atoms with Gasteiger partial charge in [0.15, 0.2) is 5.69 Å². The number of esters is 1. The SMILES string of the molecule is COC(=O)CN1Cc2c(C(=O)NC3CCCC3)ncn2-c2ccccc2S1(=O)=O. The Balaban J connectivity index is 1.78. The number of ether oxygens (including phenoxy) is 1. The van der Waals surface area contributed by atoms with E-state index in [1.54, 1.807) is 22.8 Å². The topological polar surface area (TPSA) is 111 Å². The highest BCUT2D eigenvalue weighted by molar-refractivity contribution is 7.89.